The average Bonchev–Trinajstić information content (AvgIpc) is 2.47. The van der Waals surface area contributed by atoms with Crippen LogP contribution in [0.25, 0.3) is 0 Å². The van der Waals surface area contributed by atoms with Crippen molar-refractivity contribution in [1.29, 1.82) is 0 Å². The molecule has 1 heterocycles. The van der Waals surface area contributed by atoms with Gasteiger partial charge in [-0.1, -0.05) is 19.8 Å². The summed E-state index contributed by atoms with van der Waals surface area (Å²) in [5, 5.41) is 10.2. The van der Waals surface area contributed by atoms with E-state index in [2.05, 4.69) is 4.90 Å². The zero-order chi connectivity index (χ0) is 13.7. The normalized spacial score (nSPS) is 31.7. The summed E-state index contributed by atoms with van der Waals surface area (Å²) in [6.07, 6.45) is 11.2. The highest BCUT2D eigenvalue weighted by Crippen LogP contribution is 2.35. The molecule has 0 aromatic carbocycles. The maximum absolute atomic E-state index is 10.2. The Labute approximate surface area is 118 Å². The van der Waals surface area contributed by atoms with Gasteiger partial charge in [0.15, 0.2) is 0 Å². The van der Waals surface area contributed by atoms with Crippen molar-refractivity contribution >= 4 is 0 Å². The lowest BCUT2D eigenvalue weighted by atomic mass is 9.78. The minimum Gasteiger partial charge on any atom is -0.389 e. The highest BCUT2D eigenvalue weighted by Gasteiger charge is 2.33. The number of hydrogen-bond acceptors (Lipinski definition) is 3. The molecule has 1 saturated carbocycles. The molecule has 0 radical (unpaired) electrons. The van der Waals surface area contributed by atoms with Gasteiger partial charge in [-0.05, 0) is 64.0 Å². The fourth-order valence-corrected chi connectivity index (χ4v) is 4.04. The molecule has 0 aromatic rings. The van der Waals surface area contributed by atoms with E-state index in [1.807, 2.05) is 6.92 Å². The first kappa shape index (κ1) is 15.3. The Morgan fingerprint density at radius 2 is 1.95 bits per heavy atom. The van der Waals surface area contributed by atoms with Crippen LogP contribution in [-0.2, 0) is 0 Å². The Kier molecular flexibility index (Phi) is 5.67. The molecule has 1 aliphatic carbocycles. The van der Waals surface area contributed by atoms with Crippen molar-refractivity contribution in [3.05, 3.63) is 0 Å². The summed E-state index contributed by atoms with van der Waals surface area (Å²) in [4.78, 5) is 2.71. The predicted molar refractivity (Wildman–Crippen MR) is 80.1 cm³/mol. The topological polar surface area (TPSA) is 49.5 Å². The molecule has 0 aromatic heterocycles. The van der Waals surface area contributed by atoms with Crippen LogP contribution in [0.1, 0.15) is 64.7 Å². The summed E-state index contributed by atoms with van der Waals surface area (Å²) in [5.41, 5.74) is 5.06. The fourth-order valence-electron chi connectivity index (χ4n) is 4.04. The second-order valence-electron chi connectivity index (χ2n) is 6.68. The predicted octanol–water partition coefficient (Wildman–Crippen LogP) is 2.52. The van der Waals surface area contributed by atoms with Gasteiger partial charge in [0.05, 0.1) is 5.60 Å². The van der Waals surface area contributed by atoms with Crippen LogP contribution >= 0.6 is 0 Å². The van der Waals surface area contributed by atoms with E-state index in [-0.39, 0.29) is 0 Å². The first-order valence-corrected chi connectivity index (χ1v) is 8.35. The molecule has 0 amide bonds. The number of hydrogen-bond donors (Lipinski definition) is 2. The highest BCUT2D eigenvalue weighted by molar-refractivity contribution is 4.88. The molecule has 3 nitrogen and oxygen atoms in total. The Balaban J connectivity index is 1.78. The Morgan fingerprint density at radius 3 is 2.68 bits per heavy atom. The molecule has 2 fully saturated rings. The van der Waals surface area contributed by atoms with Gasteiger partial charge in [0.25, 0.3) is 0 Å². The maximum atomic E-state index is 10.2. The van der Waals surface area contributed by atoms with E-state index < -0.39 is 5.60 Å². The number of fused-ring (bicyclic) bond motifs is 1. The summed E-state index contributed by atoms with van der Waals surface area (Å²) >= 11 is 0. The van der Waals surface area contributed by atoms with Crippen LogP contribution in [0.2, 0.25) is 0 Å². The first-order chi connectivity index (χ1) is 9.18. The Hall–Kier alpha value is -0.120. The van der Waals surface area contributed by atoms with Crippen molar-refractivity contribution < 1.29 is 5.11 Å². The van der Waals surface area contributed by atoms with Crippen molar-refractivity contribution in [2.75, 3.05) is 19.6 Å². The van der Waals surface area contributed by atoms with Gasteiger partial charge in [-0.3, -0.25) is 0 Å². The number of nitrogens with zero attached hydrogens (tertiary/aromatic N) is 1. The molecule has 0 spiro atoms. The molecule has 2 rings (SSSR count). The minimum atomic E-state index is -0.623. The summed E-state index contributed by atoms with van der Waals surface area (Å²) in [7, 11) is 0. The third-order valence-corrected chi connectivity index (χ3v) is 5.48. The van der Waals surface area contributed by atoms with E-state index in [1.165, 1.54) is 45.1 Å². The van der Waals surface area contributed by atoms with Gasteiger partial charge in [-0.15, -0.1) is 0 Å². The smallest absolute Gasteiger partial charge is 0.0767 e. The van der Waals surface area contributed by atoms with Crippen LogP contribution in [0, 0.1) is 5.92 Å². The van der Waals surface area contributed by atoms with E-state index in [4.69, 9.17) is 5.73 Å². The lowest BCUT2D eigenvalue weighted by Gasteiger charge is -2.44. The lowest BCUT2D eigenvalue weighted by Crippen LogP contribution is -2.47. The Bertz CT molecular complexity index is 263. The van der Waals surface area contributed by atoms with Gasteiger partial charge < -0.3 is 15.7 Å². The van der Waals surface area contributed by atoms with E-state index in [9.17, 15) is 5.11 Å². The number of aliphatic hydroxyl groups is 1. The van der Waals surface area contributed by atoms with Crippen LogP contribution in [-0.4, -0.2) is 41.3 Å². The van der Waals surface area contributed by atoms with Crippen LogP contribution in [0.4, 0.5) is 0 Å². The van der Waals surface area contributed by atoms with E-state index in [0.29, 0.717) is 6.54 Å². The zero-order valence-corrected chi connectivity index (χ0v) is 12.6. The van der Waals surface area contributed by atoms with Crippen LogP contribution < -0.4 is 5.73 Å². The summed E-state index contributed by atoms with van der Waals surface area (Å²) in [6.45, 7) is 4.86. The van der Waals surface area contributed by atoms with E-state index >= 15 is 0 Å². The van der Waals surface area contributed by atoms with Gasteiger partial charge in [-0.2, -0.15) is 0 Å². The molecule has 1 aliphatic heterocycles. The Morgan fingerprint density at radius 1 is 1.21 bits per heavy atom. The van der Waals surface area contributed by atoms with Crippen LogP contribution in [0.3, 0.4) is 0 Å². The molecule has 1 unspecified atom stereocenters. The number of rotatable bonds is 6. The molecule has 3 N–H and O–H groups in total. The van der Waals surface area contributed by atoms with E-state index in [0.717, 1.165) is 37.8 Å². The van der Waals surface area contributed by atoms with E-state index in [1.54, 1.807) is 0 Å². The maximum Gasteiger partial charge on any atom is 0.0767 e. The second-order valence-corrected chi connectivity index (χ2v) is 6.68. The molecule has 2 aliphatic rings. The SMILES string of the molecule is CCC(O)(CN)CCCN1CCC[C@H]2CCCC[C@H]21. The lowest BCUT2D eigenvalue weighted by molar-refractivity contribution is 0.0204. The van der Waals surface area contributed by atoms with Crippen molar-refractivity contribution in [3.8, 4) is 0 Å². The van der Waals surface area contributed by atoms with Gasteiger partial charge >= 0.3 is 0 Å². The standard InChI is InChI=1S/C16H32N2O/c1-2-16(19,13-17)10-6-12-18-11-5-8-14-7-3-4-9-15(14)18/h14-15,19H,2-13,17H2,1H3/t14-,15-,16?/m1/s1. The minimum absolute atomic E-state index is 0.398. The average molecular weight is 268 g/mol. The molecule has 19 heavy (non-hydrogen) atoms. The summed E-state index contributed by atoms with van der Waals surface area (Å²) in [5.74, 6) is 0.960. The number of piperidine rings is 1. The third kappa shape index (κ3) is 3.93. The molecule has 0 bridgehead atoms. The molecule has 1 saturated heterocycles. The zero-order valence-electron chi connectivity index (χ0n) is 12.6. The van der Waals surface area contributed by atoms with Crippen molar-refractivity contribution in [2.24, 2.45) is 11.7 Å². The first-order valence-electron chi connectivity index (χ1n) is 8.35. The van der Waals surface area contributed by atoms with Gasteiger partial charge in [-0.25, -0.2) is 0 Å². The fraction of sp³-hybridized carbons (Fsp3) is 1.00. The molecule has 3 atom stereocenters. The largest absolute Gasteiger partial charge is 0.389 e. The van der Waals surface area contributed by atoms with Crippen molar-refractivity contribution in [2.45, 2.75) is 76.4 Å². The molecule has 112 valence electrons. The molecule has 3 heteroatoms. The van der Waals surface area contributed by atoms with Crippen LogP contribution in [0.5, 0.6) is 0 Å². The third-order valence-electron chi connectivity index (χ3n) is 5.48. The van der Waals surface area contributed by atoms with Gasteiger partial charge in [0.2, 0.25) is 0 Å². The van der Waals surface area contributed by atoms with Crippen molar-refractivity contribution in [3.63, 3.8) is 0 Å². The highest BCUT2D eigenvalue weighted by atomic mass is 16.3. The van der Waals surface area contributed by atoms with Gasteiger partial charge in [0, 0.05) is 12.6 Å². The summed E-state index contributed by atoms with van der Waals surface area (Å²) < 4.78 is 0. The second kappa shape index (κ2) is 7.05. The molecular formula is C16H32N2O. The molecular weight excluding hydrogens is 236 g/mol. The van der Waals surface area contributed by atoms with Crippen molar-refractivity contribution in [1.82, 2.24) is 4.90 Å². The summed E-state index contributed by atoms with van der Waals surface area (Å²) in [6, 6.07) is 0.843. The van der Waals surface area contributed by atoms with Crippen LogP contribution in [0.15, 0.2) is 0 Å². The quantitative estimate of drug-likeness (QED) is 0.778. The number of nitrogens with two attached hydrogens (primary N) is 1. The number of likely N-dealkylation sites (tertiary alicyclic amines) is 1. The van der Waals surface area contributed by atoms with Gasteiger partial charge in [0.1, 0.15) is 0 Å². The monoisotopic (exact) mass is 268 g/mol.